The Morgan fingerprint density at radius 3 is 3.00 bits per heavy atom. The van der Waals surface area contributed by atoms with Gasteiger partial charge in [0.1, 0.15) is 0 Å². The second-order valence-electron chi connectivity index (χ2n) is 3.69. The van der Waals surface area contributed by atoms with Crippen LogP contribution in [0.4, 0.5) is 0 Å². The first-order valence-electron chi connectivity index (χ1n) is 5.07. The lowest BCUT2D eigenvalue weighted by Crippen LogP contribution is -2.36. The van der Waals surface area contributed by atoms with Gasteiger partial charge >= 0.3 is 0 Å². The lowest BCUT2D eigenvalue weighted by atomic mass is 9.93. The van der Waals surface area contributed by atoms with Gasteiger partial charge in [-0.3, -0.25) is 4.98 Å². The first-order chi connectivity index (χ1) is 6.45. The van der Waals surface area contributed by atoms with Crippen LogP contribution in [0.3, 0.4) is 0 Å². The monoisotopic (exact) mass is 176 g/mol. The van der Waals surface area contributed by atoms with Gasteiger partial charge in [-0.15, -0.1) is 0 Å². The zero-order chi connectivity index (χ0) is 8.93. The van der Waals surface area contributed by atoms with Gasteiger partial charge in [-0.1, -0.05) is 12.5 Å². The van der Waals surface area contributed by atoms with Gasteiger partial charge in [0.05, 0.1) is 0 Å². The molecule has 1 aliphatic rings. The van der Waals surface area contributed by atoms with Crippen molar-refractivity contribution in [3.05, 3.63) is 30.1 Å². The average Bonchev–Trinajstić information content (AvgIpc) is 2.11. The molecule has 2 rings (SSSR count). The minimum atomic E-state index is 0.802. The van der Waals surface area contributed by atoms with Gasteiger partial charge in [0.15, 0.2) is 0 Å². The molecule has 1 fully saturated rings. The molecular weight excluding hydrogens is 160 g/mol. The first kappa shape index (κ1) is 8.70. The Kier molecular flexibility index (Phi) is 2.93. The minimum absolute atomic E-state index is 0.802. The molecule has 1 aromatic rings. The lowest BCUT2D eigenvalue weighted by molar-refractivity contribution is 0.342. The van der Waals surface area contributed by atoms with Crippen LogP contribution in [0.2, 0.25) is 0 Å². The van der Waals surface area contributed by atoms with Crippen LogP contribution in [0.5, 0.6) is 0 Å². The van der Waals surface area contributed by atoms with E-state index in [9.17, 15) is 0 Å². The summed E-state index contributed by atoms with van der Waals surface area (Å²) in [7, 11) is 0. The Labute approximate surface area is 79.4 Å². The van der Waals surface area contributed by atoms with Crippen molar-refractivity contribution in [2.75, 3.05) is 6.54 Å². The van der Waals surface area contributed by atoms with E-state index < -0.39 is 0 Å². The molecule has 1 heterocycles. The molecule has 1 aliphatic carbocycles. The summed E-state index contributed by atoms with van der Waals surface area (Å²) in [5.41, 5.74) is 1.33. The molecule has 0 saturated heterocycles. The molecule has 0 bridgehead atoms. The van der Waals surface area contributed by atoms with Crippen LogP contribution in [0.15, 0.2) is 24.5 Å². The summed E-state index contributed by atoms with van der Waals surface area (Å²) in [5, 5.41) is 3.54. The Hall–Kier alpha value is -0.890. The minimum Gasteiger partial charge on any atom is -0.314 e. The van der Waals surface area contributed by atoms with E-state index in [0.717, 1.165) is 19.0 Å². The third-order valence-electron chi connectivity index (χ3n) is 2.67. The van der Waals surface area contributed by atoms with Gasteiger partial charge in [0, 0.05) is 18.4 Å². The third kappa shape index (κ3) is 2.52. The van der Waals surface area contributed by atoms with Crippen LogP contribution in [0.25, 0.3) is 0 Å². The van der Waals surface area contributed by atoms with Crippen molar-refractivity contribution < 1.29 is 0 Å². The molecule has 1 N–H and O–H groups in total. The van der Waals surface area contributed by atoms with E-state index in [1.807, 2.05) is 18.5 Å². The topological polar surface area (TPSA) is 24.9 Å². The van der Waals surface area contributed by atoms with Crippen molar-refractivity contribution in [3.8, 4) is 0 Å². The fraction of sp³-hybridized carbons (Fsp3) is 0.545. The molecule has 0 amide bonds. The summed E-state index contributed by atoms with van der Waals surface area (Å²) < 4.78 is 0. The maximum absolute atomic E-state index is 4.09. The van der Waals surface area contributed by atoms with E-state index in [2.05, 4.69) is 16.4 Å². The molecular formula is C11H16N2. The van der Waals surface area contributed by atoms with Gasteiger partial charge in [0.2, 0.25) is 0 Å². The number of aromatic nitrogens is 1. The Morgan fingerprint density at radius 2 is 2.38 bits per heavy atom. The van der Waals surface area contributed by atoms with E-state index in [4.69, 9.17) is 0 Å². The molecule has 0 atom stereocenters. The fourth-order valence-electron chi connectivity index (χ4n) is 1.58. The summed E-state index contributed by atoms with van der Waals surface area (Å²) in [6, 6.07) is 4.94. The second-order valence-corrected chi connectivity index (χ2v) is 3.69. The van der Waals surface area contributed by atoms with Crippen LogP contribution in [-0.4, -0.2) is 17.6 Å². The van der Waals surface area contributed by atoms with Crippen molar-refractivity contribution in [1.82, 2.24) is 10.3 Å². The van der Waals surface area contributed by atoms with Gasteiger partial charge in [-0.05, 0) is 37.4 Å². The van der Waals surface area contributed by atoms with Crippen LogP contribution >= 0.6 is 0 Å². The summed E-state index contributed by atoms with van der Waals surface area (Å²) in [5.74, 6) is 0. The number of pyridine rings is 1. The van der Waals surface area contributed by atoms with Crippen molar-refractivity contribution >= 4 is 0 Å². The van der Waals surface area contributed by atoms with E-state index in [0.29, 0.717) is 0 Å². The summed E-state index contributed by atoms with van der Waals surface area (Å²) >= 11 is 0. The van der Waals surface area contributed by atoms with Crippen molar-refractivity contribution in [3.63, 3.8) is 0 Å². The van der Waals surface area contributed by atoms with E-state index in [1.54, 1.807) is 0 Å². The second kappa shape index (κ2) is 4.38. The van der Waals surface area contributed by atoms with Gasteiger partial charge in [-0.25, -0.2) is 0 Å². The predicted octanol–water partition coefficient (Wildman–Crippen LogP) is 1.77. The number of rotatable bonds is 4. The number of nitrogens with one attached hydrogen (secondary N) is 1. The smallest absolute Gasteiger partial charge is 0.0300 e. The van der Waals surface area contributed by atoms with E-state index in [-0.39, 0.29) is 0 Å². The highest BCUT2D eigenvalue weighted by atomic mass is 14.9. The average molecular weight is 176 g/mol. The van der Waals surface area contributed by atoms with Crippen LogP contribution in [0, 0.1) is 0 Å². The standard InChI is InChI=1S/C11H16N2/c1-4-11(5-1)13-8-6-10-3-2-7-12-9-10/h2-3,7,9,11,13H,1,4-6,8H2. The van der Waals surface area contributed by atoms with Gasteiger partial charge < -0.3 is 5.32 Å². The van der Waals surface area contributed by atoms with Crippen LogP contribution in [0.1, 0.15) is 24.8 Å². The normalized spacial score (nSPS) is 16.9. The predicted molar refractivity (Wildman–Crippen MR) is 53.6 cm³/mol. The quantitative estimate of drug-likeness (QED) is 0.756. The molecule has 2 nitrogen and oxygen atoms in total. The summed E-state index contributed by atoms with van der Waals surface area (Å²) in [4.78, 5) is 4.09. The molecule has 2 heteroatoms. The SMILES string of the molecule is c1cncc(CCNC2CCC2)c1. The summed E-state index contributed by atoms with van der Waals surface area (Å²) in [6.07, 6.45) is 9.01. The molecule has 0 aromatic carbocycles. The molecule has 0 unspecified atom stereocenters. The van der Waals surface area contributed by atoms with Crippen LogP contribution < -0.4 is 5.32 Å². The molecule has 13 heavy (non-hydrogen) atoms. The highest BCUT2D eigenvalue weighted by Crippen LogP contribution is 2.17. The lowest BCUT2D eigenvalue weighted by Gasteiger charge is -2.26. The molecule has 1 saturated carbocycles. The largest absolute Gasteiger partial charge is 0.314 e. The fourth-order valence-corrected chi connectivity index (χ4v) is 1.58. The van der Waals surface area contributed by atoms with E-state index in [1.165, 1.54) is 24.8 Å². The van der Waals surface area contributed by atoms with Gasteiger partial charge in [0.25, 0.3) is 0 Å². The maximum atomic E-state index is 4.09. The van der Waals surface area contributed by atoms with Crippen LogP contribution in [-0.2, 0) is 6.42 Å². The third-order valence-corrected chi connectivity index (χ3v) is 2.67. The zero-order valence-electron chi connectivity index (χ0n) is 7.87. The maximum Gasteiger partial charge on any atom is 0.0300 e. The summed E-state index contributed by atoms with van der Waals surface area (Å²) in [6.45, 7) is 1.09. The number of nitrogens with zero attached hydrogens (tertiary/aromatic N) is 1. The molecule has 70 valence electrons. The number of hydrogen-bond donors (Lipinski definition) is 1. The van der Waals surface area contributed by atoms with E-state index >= 15 is 0 Å². The highest BCUT2D eigenvalue weighted by Gasteiger charge is 2.15. The number of hydrogen-bond acceptors (Lipinski definition) is 2. The molecule has 1 aromatic heterocycles. The highest BCUT2D eigenvalue weighted by molar-refractivity contribution is 5.08. The molecule has 0 aliphatic heterocycles. The van der Waals surface area contributed by atoms with Crippen molar-refractivity contribution in [2.24, 2.45) is 0 Å². The molecule has 0 radical (unpaired) electrons. The first-order valence-corrected chi connectivity index (χ1v) is 5.07. The van der Waals surface area contributed by atoms with Crippen molar-refractivity contribution in [2.45, 2.75) is 31.7 Å². The molecule has 0 spiro atoms. The Morgan fingerprint density at radius 1 is 1.46 bits per heavy atom. The van der Waals surface area contributed by atoms with Gasteiger partial charge in [-0.2, -0.15) is 0 Å². The zero-order valence-corrected chi connectivity index (χ0v) is 7.87. The Balaban J connectivity index is 1.67. The Bertz CT molecular complexity index is 242. The van der Waals surface area contributed by atoms with Crippen molar-refractivity contribution in [1.29, 1.82) is 0 Å².